The zero-order chi connectivity index (χ0) is 22.8. The smallest absolute Gasteiger partial charge is 0.242 e. The molecular formula is C26H29N3O3. The first kappa shape index (κ1) is 23.0. The number of pyridine rings is 1. The van der Waals surface area contributed by atoms with E-state index in [9.17, 15) is 9.59 Å². The summed E-state index contributed by atoms with van der Waals surface area (Å²) in [7, 11) is 1.61. The van der Waals surface area contributed by atoms with Gasteiger partial charge in [0.25, 0.3) is 0 Å². The monoisotopic (exact) mass is 431 g/mol. The van der Waals surface area contributed by atoms with Crippen LogP contribution in [0.1, 0.15) is 30.2 Å². The molecule has 0 aliphatic carbocycles. The van der Waals surface area contributed by atoms with Gasteiger partial charge in [-0.2, -0.15) is 0 Å². The number of rotatable bonds is 10. The average Bonchev–Trinajstić information content (AvgIpc) is 2.85. The van der Waals surface area contributed by atoms with E-state index in [4.69, 9.17) is 4.74 Å². The molecule has 0 radical (unpaired) electrons. The number of benzene rings is 2. The van der Waals surface area contributed by atoms with Gasteiger partial charge in [-0.3, -0.25) is 14.6 Å². The number of hydrogen-bond acceptors (Lipinski definition) is 4. The highest BCUT2D eigenvalue weighted by atomic mass is 16.5. The molecule has 3 aromatic rings. The Balaban J connectivity index is 1.69. The number of carbonyl (C=O) groups excluding carboxylic acids is 2. The van der Waals surface area contributed by atoms with Crippen LogP contribution in [0.3, 0.4) is 0 Å². The lowest BCUT2D eigenvalue weighted by Gasteiger charge is -2.29. The summed E-state index contributed by atoms with van der Waals surface area (Å²) >= 11 is 0. The van der Waals surface area contributed by atoms with Gasteiger partial charge in [0, 0.05) is 19.2 Å². The predicted octanol–water partition coefficient (Wildman–Crippen LogP) is 3.76. The van der Waals surface area contributed by atoms with E-state index in [1.165, 1.54) is 0 Å². The Labute approximate surface area is 189 Å². The van der Waals surface area contributed by atoms with Crippen molar-refractivity contribution in [3.63, 3.8) is 0 Å². The summed E-state index contributed by atoms with van der Waals surface area (Å²) in [6.07, 6.45) is 2.65. The van der Waals surface area contributed by atoms with Crippen LogP contribution < -0.4 is 10.1 Å². The van der Waals surface area contributed by atoms with E-state index < -0.39 is 6.04 Å². The van der Waals surface area contributed by atoms with Crippen LogP contribution in [0.25, 0.3) is 0 Å². The van der Waals surface area contributed by atoms with Crippen LogP contribution in [0.15, 0.2) is 79.0 Å². The topological polar surface area (TPSA) is 71.5 Å². The number of hydrogen-bond donors (Lipinski definition) is 1. The molecule has 32 heavy (non-hydrogen) atoms. The van der Waals surface area contributed by atoms with Crippen LogP contribution in [-0.2, 0) is 29.1 Å². The summed E-state index contributed by atoms with van der Waals surface area (Å²) in [6.45, 7) is 2.42. The first-order chi connectivity index (χ1) is 15.6. The minimum atomic E-state index is -0.621. The molecular weight excluding hydrogens is 402 g/mol. The summed E-state index contributed by atoms with van der Waals surface area (Å²) < 4.78 is 5.22. The Kier molecular flexibility index (Phi) is 8.37. The van der Waals surface area contributed by atoms with Crippen molar-refractivity contribution in [1.29, 1.82) is 0 Å². The molecule has 0 fully saturated rings. The van der Waals surface area contributed by atoms with E-state index in [1.54, 1.807) is 25.1 Å². The number of nitrogens with zero attached hydrogens (tertiary/aromatic N) is 2. The van der Waals surface area contributed by atoms with Crippen molar-refractivity contribution < 1.29 is 14.3 Å². The van der Waals surface area contributed by atoms with Gasteiger partial charge in [-0.05, 0) is 48.7 Å². The molecule has 0 aliphatic rings. The van der Waals surface area contributed by atoms with E-state index in [1.807, 2.05) is 72.8 Å². The third kappa shape index (κ3) is 6.67. The summed E-state index contributed by atoms with van der Waals surface area (Å²) in [5.74, 6) is 0.472. The molecule has 0 aliphatic heterocycles. The van der Waals surface area contributed by atoms with Gasteiger partial charge in [-0.25, -0.2) is 0 Å². The second-order valence-corrected chi connectivity index (χ2v) is 7.57. The highest BCUT2D eigenvalue weighted by molar-refractivity contribution is 5.87. The van der Waals surface area contributed by atoms with Gasteiger partial charge in [0.2, 0.25) is 11.8 Å². The third-order valence-corrected chi connectivity index (χ3v) is 5.32. The number of methoxy groups -OCH3 is 1. The highest BCUT2D eigenvalue weighted by Gasteiger charge is 2.26. The second kappa shape index (κ2) is 11.6. The van der Waals surface area contributed by atoms with E-state index in [2.05, 4.69) is 10.3 Å². The maximum atomic E-state index is 13.2. The minimum absolute atomic E-state index is 0.0647. The third-order valence-electron chi connectivity index (χ3n) is 5.32. The maximum absolute atomic E-state index is 13.2. The first-order valence-electron chi connectivity index (χ1n) is 10.7. The van der Waals surface area contributed by atoms with Crippen molar-refractivity contribution in [2.45, 2.75) is 38.9 Å². The quantitative estimate of drug-likeness (QED) is 0.531. The van der Waals surface area contributed by atoms with Crippen LogP contribution in [0.2, 0.25) is 0 Å². The molecule has 0 saturated carbocycles. The van der Waals surface area contributed by atoms with Gasteiger partial charge in [-0.15, -0.1) is 0 Å². The fraction of sp³-hybridized carbons (Fsp3) is 0.269. The van der Waals surface area contributed by atoms with Crippen LogP contribution in [0.4, 0.5) is 0 Å². The van der Waals surface area contributed by atoms with Crippen LogP contribution in [-0.4, -0.2) is 34.8 Å². The highest BCUT2D eigenvalue weighted by Crippen LogP contribution is 2.16. The van der Waals surface area contributed by atoms with Crippen molar-refractivity contribution in [3.8, 4) is 5.75 Å². The second-order valence-electron chi connectivity index (χ2n) is 7.57. The van der Waals surface area contributed by atoms with E-state index >= 15 is 0 Å². The van der Waals surface area contributed by atoms with E-state index in [0.717, 1.165) is 22.6 Å². The van der Waals surface area contributed by atoms with Gasteiger partial charge in [0.05, 0.1) is 19.3 Å². The summed E-state index contributed by atoms with van der Waals surface area (Å²) in [5, 5.41) is 2.90. The lowest BCUT2D eigenvalue weighted by atomic mass is 10.1. The molecule has 6 nitrogen and oxygen atoms in total. The number of carbonyl (C=O) groups is 2. The lowest BCUT2D eigenvalue weighted by Crippen LogP contribution is -2.47. The van der Waals surface area contributed by atoms with Crippen molar-refractivity contribution in [2.24, 2.45) is 0 Å². The fourth-order valence-electron chi connectivity index (χ4n) is 3.38. The zero-order valence-electron chi connectivity index (χ0n) is 18.5. The number of aryl methyl sites for hydroxylation is 1. The molecule has 1 heterocycles. The summed E-state index contributed by atoms with van der Waals surface area (Å²) in [6, 6.07) is 22.4. The Bertz CT molecular complexity index is 992. The molecule has 1 atom stereocenters. The average molecular weight is 432 g/mol. The maximum Gasteiger partial charge on any atom is 0.242 e. The molecule has 3 rings (SSSR count). The van der Waals surface area contributed by atoms with Crippen LogP contribution >= 0.6 is 0 Å². The molecule has 2 amide bonds. The van der Waals surface area contributed by atoms with Crippen molar-refractivity contribution in [1.82, 2.24) is 15.2 Å². The normalized spacial score (nSPS) is 11.4. The largest absolute Gasteiger partial charge is 0.497 e. The Morgan fingerprint density at radius 3 is 2.34 bits per heavy atom. The molecule has 1 N–H and O–H groups in total. The van der Waals surface area contributed by atoms with Crippen LogP contribution in [0.5, 0.6) is 5.75 Å². The van der Waals surface area contributed by atoms with Gasteiger partial charge in [-0.1, -0.05) is 48.5 Å². The molecule has 0 bridgehead atoms. The lowest BCUT2D eigenvalue weighted by molar-refractivity contribution is -0.140. The Morgan fingerprint density at radius 1 is 0.969 bits per heavy atom. The molecule has 1 aromatic heterocycles. The number of aromatic nitrogens is 1. The minimum Gasteiger partial charge on any atom is -0.497 e. The number of nitrogens with one attached hydrogen (secondary N) is 1. The Hall–Kier alpha value is -3.67. The van der Waals surface area contributed by atoms with Gasteiger partial charge in [0.1, 0.15) is 11.8 Å². The molecule has 0 unspecified atom stereocenters. The molecule has 6 heteroatoms. The standard InChI is InChI=1S/C26H29N3O3/c1-20(26(31)28-18-23-10-6-7-17-27-23)29(19-22-11-14-24(32-2)15-12-22)25(30)16-13-21-8-4-3-5-9-21/h3-12,14-15,17,20H,13,16,18-19H2,1-2H3,(H,28,31)/t20-/m1/s1. The molecule has 2 aromatic carbocycles. The van der Waals surface area contributed by atoms with Gasteiger partial charge in [0.15, 0.2) is 0 Å². The molecule has 0 spiro atoms. The number of amides is 2. The SMILES string of the molecule is COc1ccc(CN(C(=O)CCc2ccccc2)[C@H](C)C(=O)NCc2ccccn2)cc1. The zero-order valence-corrected chi connectivity index (χ0v) is 18.5. The summed E-state index contributed by atoms with van der Waals surface area (Å²) in [4.78, 5) is 31.9. The number of ether oxygens (including phenoxy) is 1. The van der Waals surface area contributed by atoms with E-state index in [-0.39, 0.29) is 11.8 Å². The Morgan fingerprint density at radius 2 is 1.69 bits per heavy atom. The van der Waals surface area contributed by atoms with E-state index in [0.29, 0.717) is 25.9 Å². The van der Waals surface area contributed by atoms with Crippen molar-refractivity contribution in [2.75, 3.05) is 7.11 Å². The fourth-order valence-corrected chi connectivity index (χ4v) is 3.38. The van der Waals surface area contributed by atoms with Gasteiger partial charge >= 0.3 is 0 Å². The van der Waals surface area contributed by atoms with Crippen molar-refractivity contribution >= 4 is 11.8 Å². The first-order valence-corrected chi connectivity index (χ1v) is 10.7. The molecule has 0 saturated heterocycles. The summed E-state index contributed by atoms with van der Waals surface area (Å²) in [5.41, 5.74) is 2.80. The molecule has 166 valence electrons. The van der Waals surface area contributed by atoms with Crippen LogP contribution in [0, 0.1) is 0 Å². The predicted molar refractivity (Wildman–Crippen MR) is 124 cm³/mol. The van der Waals surface area contributed by atoms with Crippen molar-refractivity contribution in [3.05, 3.63) is 95.8 Å². The van der Waals surface area contributed by atoms with Gasteiger partial charge < -0.3 is 15.0 Å².